The van der Waals surface area contributed by atoms with Gasteiger partial charge >= 0.3 is 0 Å². The fraction of sp³-hybridized carbons (Fsp3) is 0.261. The van der Waals surface area contributed by atoms with Crippen molar-refractivity contribution in [2.24, 2.45) is 5.92 Å². The molecule has 1 aromatic heterocycles. The van der Waals surface area contributed by atoms with Crippen molar-refractivity contribution in [3.05, 3.63) is 72.6 Å². The summed E-state index contributed by atoms with van der Waals surface area (Å²) < 4.78 is 7.04. The van der Waals surface area contributed by atoms with Gasteiger partial charge in [-0.15, -0.1) is 0 Å². The predicted octanol–water partition coefficient (Wildman–Crippen LogP) is 2.59. The molecule has 1 saturated heterocycles. The van der Waals surface area contributed by atoms with Crippen LogP contribution in [0.25, 0.3) is 5.69 Å². The number of benzene rings is 2. The van der Waals surface area contributed by atoms with Crippen molar-refractivity contribution in [2.75, 3.05) is 25.1 Å². The molecule has 1 unspecified atom stereocenters. The molecule has 0 saturated carbocycles. The van der Waals surface area contributed by atoms with Gasteiger partial charge in [0.05, 0.1) is 24.9 Å². The largest absolute Gasteiger partial charge is 0.497 e. The lowest BCUT2D eigenvalue weighted by Gasteiger charge is -2.17. The maximum Gasteiger partial charge on any atom is 0.227 e. The van der Waals surface area contributed by atoms with E-state index in [1.807, 2.05) is 71.7 Å². The molecule has 0 spiro atoms. The monoisotopic (exact) mass is 404 g/mol. The van der Waals surface area contributed by atoms with Gasteiger partial charge in [-0.1, -0.05) is 24.3 Å². The molecule has 2 heterocycles. The number of carbonyl (C=O) groups excluding carboxylic acids is 2. The predicted molar refractivity (Wildman–Crippen MR) is 114 cm³/mol. The molecule has 7 nitrogen and oxygen atoms in total. The van der Waals surface area contributed by atoms with Gasteiger partial charge in [-0.2, -0.15) is 5.10 Å². The number of carbonyl (C=O) groups is 2. The van der Waals surface area contributed by atoms with Crippen molar-refractivity contribution in [1.82, 2.24) is 15.1 Å². The number of ether oxygens (including phenoxy) is 1. The lowest BCUT2D eigenvalue weighted by molar-refractivity contribution is -0.126. The lowest BCUT2D eigenvalue weighted by Crippen LogP contribution is -2.34. The Morgan fingerprint density at radius 1 is 1.17 bits per heavy atom. The van der Waals surface area contributed by atoms with Crippen LogP contribution in [0.2, 0.25) is 0 Å². The Labute approximate surface area is 175 Å². The fourth-order valence-electron chi connectivity index (χ4n) is 3.60. The molecule has 3 aromatic rings. The molecule has 30 heavy (non-hydrogen) atoms. The molecule has 0 bridgehead atoms. The van der Waals surface area contributed by atoms with Crippen LogP contribution in [0.3, 0.4) is 0 Å². The van der Waals surface area contributed by atoms with Crippen molar-refractivity contribution in [3.63, 3.8) is 0 Å². The zero-order valence-electron chi connectivity index (χ0n) is 16.8. The van der Waals surface area contributed by atoms with Gasteiger partial charge in [-0.3, -0.25) is 9.59 Å². The number of nitrogens with one attached hydrogen (secondary N) is 1. The standard InChI is InChI=1S/C23H24N4O3/c1-30-21-9-5-8-20(13-21)26-16-18(12-22(26)28)23(29)24-11-10-17-14-25-27(15-17)19-6-3-2-4-7-19/h2-9,13-15,18H,10-12,16H2,1H3,(H,24,29). The molecule has 1 atom stereocenters. The number of anilines is 1. The molecule has 154 valence electrons. The van der Waals surface area contributed by atoms with E-state index in [4.69, 9.17) is 4.74 Å². The molecular formula is C23H24N4O3. The molecule has 2 amide bonds. The summed E-state index contributed by atoms with van der Waals surface area (Å²) in [5, 5.41) is 7.33. The molecule has 0 aliphatic carbocycles. The summed E-state index contributed by atoms with van der Waals surface area (Å²) >= 11 is 0. The van der Waals surface area contributed by atoms with Crippen LogP contribution in [-0.4, -0.2) is 41.8 Å². The van der Waals surface area contributed by atoms with Crippen LogP contribution in [0.5, 0.6) is 5.75 Å². The first-order valence-electron chi connectivity index (χ1n) is 9.95. The van der Waals surface area contributed by atoms with Crippen LogP contribution in [0.1, 0.15) is 12.0 Å². The highest BCUT2D eigenvalue weighted by Crippen LogP contribution is 2.27. The molecule has 1 N–H and O–H groups in total. The van der Waals surface area contributed by atoms with Crippen LogP contribution < -0.4 is 15.0 Å². The summed E-state index contributed by atoms with van der Waals surface area (Å²) in [7, 11) is 1.59. The van der Waals surface area contributed by atoms with Crippen LogP contribution in [0.15, 0.2) is 67.0 Å². The minimum absolute atomic E-state index is 0.0486. The quantitative estimate of drug-likeness (QED) is 0.657. The number of hydrogen-bond acceptors (Lipinski definition) is 4. The highest BCUT2D eigenvalue weighted by molar-refractivity contribution is 6.00. The Balaban J connectivity index is 1.29. The van der Waals surface area contributed by atoms with E-state index >= 15 is 0 Å². The Kier molecular flexibility index (Phi) is 5.79. The van der Waals surface area contributed by atoms with E-state index in [1.165, 1.54) is 0 Å². The number of amides is 2. The van der Waals surface area contributed by atoms with E-state index in [0.29, 0.717) is 25.3 Å². The average Bonchev–Trinajstić information content (AvgIpc) is 3.41. The van der Waals surface area contributed by atoms with Crippen molar-refractivity contribution in [3.8, 4) is 11.4 Å². The third kappa shape index (κ3) is 4.35. The Bertz CT molecular complexity index is 1030. The normalized spacial score (nSPS) is 16.0. The Morgan fingerprint density at radius 2 is 1.97 bits per heavy atom. The summed E-state index contributed by atoms with van der Waals surface area (Å²) in [5.74, 6) is 0.191. The van der Waals surface area contributed by atoms with Crippen LogP contribution in [0.4, 0.5) is 5.69 Å². The molecule has 7 heteroatoms. The zero-order valence-corrected chi connectivity index (χ0v) is 16.8. The van der Waals surface area contributed by atoms with Gasteiger partial charge in [0.2, 0.25) is 11.8 Å². The molecule has 2 aromatic carbocycles. The van der Waals surface area contributed by atoms with E-state index in [2.05, 4.69) is 10.4 Å². The van der Waals surface area contributed by atoms with Crippen molar-refractivity contribution in [2.45, 2.75) is 12.8 Å². The molecule has 0 radical (unpaired) electrons. The van der Waals surface area contributed by atoms with Gasteiger partial charge in [0.1, 0.15) is 5.75 Å². The number of para-hydroxylation sites is 1. The van der Waals surface area contributed by atoms with Gasteiger partial charge in [-0.05, 0) is 36.2 Å². The SMILES string of the molecule is COc1cccc(N2CC(C(=O)NCCc3cnn(-c4ccccc4)c3)CC2=O)c1. The minimum Gasteiger partial charge on any atom is -0.497 e. The number of rotatable bonds is 7. The van der Waals surface area contributed by atoms with Crippen LogP contribution in [-0.2, 0) is 16.0 Å². The van der Waals surface area contributed by atoms with Crippen molar-refractivity contribution in [1.29, 1.82) is 0 Å². The average molecular weight is 404 g/mol. The summed E-state index contributed by atoms with van der Waals surface area (Å²) in [5.41, 5.74) is 2.79. The maximum atomic E-state index is 12.6. The summed E-state index contributed by atoms with van der Waals surface area (Å²) in [6, 6.07) is 17.2. The van der Waals surface area contributed by atoms with Crippen molar-refractivity contribution >= 4 is 17.5 Å². The van der Waals surface area contributed by atoms with Gasteiger partial charge in [0.15, 0.2) is 0 Å². The van der Waals surface area contributed by atoms with Crippen molar-refractivity contribution < 1.29 is 14.3 Å². The number of methoxy groups -OCH3 is 1. The summed E-state index contributed by atoms with van der Waals surface area (Å²) in [6.07, 6.45) is 4.67. The molecular weight excluding hydrogens is 380 g/mol. The second-order valence-corrected chi connectivity index (χ2v) is 7.28. The second kappa shape index (κ2) is 8.82. The first-order chi connectivity index (χ1) is 14.6. The fourth-order valence-corrected chi connectivity index (χ4v) is 3.60. The minimum atomic E-state index is -0.351. The van der Waals surface area contributed by atoms with E-state index in [-0.39, 0.29) is 24.2 Å². The first-order valence-corrected chi connectivity index (χ1v) is 9.95. The molecule has 1 aliphatic heterocycles. The van der Waals surface area contributed by atoms with Gasteiger partial charge in [0, 0.05) is 37.5 Å². The van der Waals surface area contributed by atoms with E-state index in [0.717, 1.165) is 16.9 Å². The molecule has 4 rings (SSSR count). The Hall–Kier alpha value is -3.61. The lowest BCUT2D eigenvalue weighted by atomic mass is 10.1. The second-order valence-electron chi connectivity index (χ2n) is 7.28. The van der Waals surface area contributed by atoms with Gasteiger partial charge in [-0.25, -0.2) is 4.68 Å². The highest BCUT2D eigenvalue weighted by Gasteiger charge is 2.35. The smallest absolute Gasteiger partial charge is 0.227 e. The van der Waals surface area contributed by atoms with E-state index in [1.54, 1.807) is 12.0 Å². The third-order valence-corrected chi connectivity index (χ3v) is 5.23. The maximum absolute atomic E-state index is 12.6. The third-order valence-electron chi connectivity index (χ3n) is 5.23. The van der Waals surface area contributed by atoms with Crippen LogP contribution >= 0.6 is 0 Å². The van der Waals surface area contributed by atoms with Gasteiger partial charge in [0.25, 0.3) is 0 Å². The topological polar surface area (TPSA) is 76.5 Å². The highest BCUT2D eigenvalue weighted by atomic mass is 16.5. The van der Waals surface area contributed by atoms with Gasteiger partial charge < -0.3 is 15.0 Å². The zero-order chi connectivity index (χ0) is 20.9. The number of hydrogen-bond donors (Lipinski definition) is 1. The molecule has 1 aliphatic rings. The summed E-state index contributed by atoms with van der Waals surface area (Å²) in [6.45, 7) is 0.882. The van der Waals surface area contributed by atoms with Crippen LogP contribution in [0, 0.1) is 5.92 Å². The Morgan fingerprint density at radius 3 is 2.77 bits per heavy atom. The summed E-state index contributed by atoms with van der Waals surface area (Å²) in [4.78, 5) is 26.6. The van der Waals surface area contributed by atoms with E-state index < -0.39 is 0 Å². The van der Waals surface area contributed by atoms with E-state index in [9.17, 15) is 9.59 Å². The molecule has 1 fully saturated rings. The first kappa shape index (κ1) is 19.7. The number of aromatic nitrogens is 2. The number of nitrogens with zero attached hydrogens (tertiary/aromatic N) is 3.